The monoisotopic (exact) mass is 488 g/mol. The zero-order valence-corrected chi connectivity index (χ0v) is 21.6. The van der Waals surface area contributed by atoms with E-state index in [9.17, 15) is 9.59 Å². The lowest BCUT2D eigenvalue weighted by Crippen LogP contribution is -2.51. The van der Waals surface area contributed by atoms with E-state index in [0.717, 1.165) is 22.4 Å². The van der Waals surface area contributed by atoms with Crippen LogP contribution in [0.3, 0.4) is 0 Å². The minimum atomic E-state index is -0.664. The van der Waals surface area contributed by atoms with Crippen LogP contribution in [0.2, 0.25) is 0 Å². The molecule has 0 spiro atoms. The Balaban J connectivity index is 1.95. The maximum Gasteiger partial charge on any atom is 0.243 e. The topological polar surface area (TPSA) is 67.9 Å². The normalized spacial score (nSPS) is 11.6. The lowest BCUT2D eigenvalue weighted by atomic mass is 10.0. The molecule has 0 fully saturated rings. The van der Waals surface area contributed by atoms with Crippen LogP contribution in [0.4, 0.5) is 0 Å². The second kappa shape index (κ2) is 13.3. The van der Waals surface area contributed by atoms with E-state index in [1.165, 1.54) is 0 Å². The maximum atomic E-state index is 13.8. The van der Waals surface area contributed by atoms with Crippen molar-refractivity contribution in [3.8, 4) is 11.5 Å². The molecule has 36 heavy (non-hydrogen) atoms. The predicted molar refractivity (Wildman–Crippen MR) is 142 cm³/mol. The van der Waals surface area contributed by atoms with Gasteiger partial charge in [0.15, 0.2) is 0 Å². The highest BCUT2D eigenvalue weighted by Gasteiger charge is 2.30. The molecule has 3 rings (SSSR count). The molecule has 0 aliphatic heterocycles. The van der Waals surface area contributed by atoms with Crippen LogP contribution in [-0.4, -0.2) is 43.5 Å². The minimum Gasteiger partial charge on any atom is -0.497 e. The largest absolute Gasteiger partial charge is 0.497 e. The number of methoxy groups -OCH3 is 2. The molecule has 2 amide bonds. The van der Waals surface area contributed by atoms with E-state index in [-0.39, 0.29) is 18.2 Å². The quantitative estimate of drug-likeness (QED) is 0.403. The molecule has 1 atom stereocenters. The van der Waals surface area contributed by atoms with E-state index in [2.05, 4.69) is 19.2 Å². The second-order valence-corrected chi connectivity index (χ2v) is 9.24. The van der Waals surface area contributed by atoms with Crippen molar-refractivity contribution in [1.82, 2.24) is 10.2 Å². The van der Waals surface area contributed by atoms with Crippen LogP contribution >= 0.6 is 0 Å². The summed E-state index contributed by atoms with van der Waals surface area (Å²) in [6.45, 7) is 4.94. The van der Waals surface area contributed by atoms with Crippen molar-refractivity contribution in [2.75, 3.05) is 20.8 Å². The van der Waals surface area contributed by atoms with Crippen LogP contribution in [0, 0.1) is 5.92 Å². The van der Waals surface area contributed by atoms with Crippen LogP contribution in [0.15, 0.2) is 78.9 Å². The van der Waals surface area contributed by atoms with Gasteiger partial charge in [0.2, 0.25) is 11.8 Å². The summed E-state index contributed by atoms with van der Waals surface area (Å²) in [5.74, 6) is 1.46. The van der Waals surface area contributed by atoms with Gasteiger partial charge in [0.05, 0.1) is 20.6 Å². The summed E-state index contributed by atoms with van der Waals surface area (Å²) < 4.78 is 10.6. The number of carbonyl (C=O) groups excluding carboxylic acids is 2. The van der Waals surface area contributed by atoms with Crippen molar-refractivity contribution in [2.24, 2.45) is 5.92 Å². The molecule has 0 aliphatic carbocycles. The summed E-state index contributed by atoms with van der Waals surface area (Å²) in [6, 6.07) is 24.2. The Labute approximate surface area is 214 Å². The first-order valence-electron chi connectivity index (χ1n) is 12.3. The third-order valence-corrected chi connectivity index (χ3v) is 5.96. The lowest BCUT2D eigenvalue weighted by Gasteiger charge is -2.32. The number of amides is 2. The third-order valence-electron chi connectivity index (χ3n) is 5.96. The zero-order valence-electron chi connectivity index (χ0n) is 21.6. The van der Waals surface area contributed by atoms with E-state index in [1.807, 2.05) is 78.9 Å². The SMILES string of the molecule is COc1ccc(CC(=O)N(Cc2cccc(OC)c2)C(Cc2ccccc2)C(=O)NCC(C)C)cc1. The van der Waals surface area contributed by atoms with Gasteiger partial charge in [-0.1, -0.05) is 68.4 Å². The molecular weight excluding hydrogens is 452 g/mol. The van der Waals surface area contributed by atoms with Gasteiger partial charge in [-0.2, -0.15) is 0 Å². The van der Waals surface area contributed by atoms with E-state index >= 15 is 0 Å². The molecule has 0 heterocycles. The van der Waals surface area contributed by atoms with E-state index in [0.29, 0.717) is 31.2 Å². The molecule has 190 valence electrons. The van der Waals surface area contributed by atoms with E-state index in [4.69, 9.17) is 9.47 Å². The highest BCUT2D eigenvalue weighted by molar-refractivity contribution is 5.88. The van der Waals surface area contributed by atoms with Crippen LogP contribution in [0.5, 0.6) is 11.5 Å². The smallest absolute Gasteiger partial charge is 0.243 e. The Bertz CT molecular complexity index is 1110. The summed E-state index contributed by atoms with van der Waals surface area (Å²) in [7, 11) is 3.23. The average molecular weight is 489 g/mol. The van der Waals surface area contributed by atoms with Gasteiger partial charge in [-0.25, -0.2) is 0 Å². The first-order valence-corrected chi connectivity index (χ1v) is 12.3. The van der Waals surface area contributed by atoms with Crippen molar-refractivity contribution >= 4 is 11.8 Å². The summed E-state index contributed by atoms with van der Waals surface area (Å²) in [6.07, 6.45) is 0.597. The van der Waals surface area contributed by atoms with Gasteiger partial charge in [-0.05, 0) is 46.9 Å². The molecule has 1 unspecified atom stereocenters. The zero-order chi connectivity index (χ0) is 25.9. The molecule has 3 aromatic carbocycles. The molecule has 6 nitrogen and oxygen atoms in total. The summed E-state index contributed by atoms with van der Waals surface area (Å²) in [5, 5.41) is 3.05. The van der Waals surface area contributed by atoms with Gasteiger partial charge >= 0.3 is 0 Å². The van der Waals surface area contributed by atoms with Crippen LogP contribution in [-0.2, 0) is 29.0 Å². The number of nitrogens with zero attached hydrogens (tertiary/aromatic N) is 1. The predicted octanol–water partition coefficient (Wildman–Crippen LogP) is 4.66. The summed E-state index contributed by atoms with van der Waals surface area (Å²) in [4.78, 5) is 29.0. The Morgan fingerprint density at radius 1 is 0.806 bits per heavy atom. The van der Waals surface area contributed by atoms with Gasteiger partial charge in [-0.3, -0.25) is 9.59 Å². The fourth-order valence-corrected chi connectivity index (χ4v) is 3.96. The van der Waals surface area contributed by atoms with Gasteiger partial charge in [0.25, 0.3) is 0 Å². The molecule has 0 radical (unpaired) electrons. The highest BCUT2D eigenvalue weighted by Crippen LogP contribution is 2.20. The Kier molecular flexibility index (Phi) is 9.92. The standard InChI is InChI=1S/C30H36N2O4/c1-22(2)20-31-30(34)28(18-23-9-6-5-7-10-23)32(21-25-11-8-12-27(17-25)36-4)29(33)19-24-13-15-26(35-3)16-14-24/h5-17,22,28H,18-21H2,1-4H3,(H,31,34). The molecule has 1 N–H and O–H groups in total. The summed E-state index contributed by atoms with van der Waals surface area (Å²) >= 11 is 0. The lowest BCUT2D eigenvalue weighted by molar-refractivity contribution is -0.140. The molecule has 0 saturated carbocycles. The number of hydrogen-bond donors (Lipinski definition) is 1. The highest BCUT2D eigenvalue weighted by atomic mass is 16.5. The molecule has 3 aromatic rings. The van der Waals surface area contributed by atoms with Crippen molar-refractivity contribution < 1.29 is 19.1 Å². The second-order valence-electron chi connectivity index (χ2n) is 9.24. The van der Waals surface area contributed by atoms with Gasteiger partial charge in [0.1, 0.15) is 17.5 Å². The van der Waals surface area contributed by atoms with Gasteiger partial charge in [-0.15, -0.1) is 0 Å². The number of rotatable bonds is 12. The van der Waals surface area contributed by atoms with Crippen LogP contribution in [0.1, 0.15) is 30.5 Å². The average Bonchev–Trinajstić information content (AvgIpc) is 2.90. The van der Waals surface area contributed by atoms with Gasteiger partial charge < -0.3 is 19.7 Å². The summed E-state index contributed by atoms with van der Waals surface area (Å²) in [5.41, 5.74) is 2.75. The molecule has 0 aliphatic rings. The van der Waals surface area contributed by atoms with Gasteiger partial charge in [0, 0.05) is 19.5 Å². The number of hydrogen-bond acceptors (Lipinski definition) is 4. The van der Waals surface area contributed by atoms with Crippen molar-refractivity contribution in [3.63, 3.8) is 0 Å². The van der Waals surface area contributed by atoms with E-state index < -0.39 is 6.04 Å². The molecule has 0 aromatic heterocycles. The van der Waals surface area contributed by atoms with E-state index in [1.54, 1.807) is 19.1 Å². The fraction of sp³-hybridized carbons (Fsp3) is 0.333. The fourth-order valence-electron chi connectivity index (χ4n) is 3.96. The van der Waals surface area contributed by atoms with Crippen molar-refractivity contribution in [3.05, 3.63) is 95.6 Å². The maximum absolute atomic E-state index is 13.8. The minimum absolute atomic E-state index is 0.122. The van der Waals surface area contributed by atoms with Crippen LogP contribution in [0.25, 0.3) is 0 Å². The molecule has 6 heteroatoms. The third kappa shape index (κ3) is 7.87. The molecular formula is C30H36N2O4. The van der Waals surface area contributed by atoms with Crippen molar-refractivity contribution in [2.45, 2.75) is 39.3 Å². The number of benzene rings is 3. The first-order chi connectivity index (χ1) is 17.4. The molecule has 0 saturated heterocycles. The Hall–Kier alpha value is -3.80. The Morgan fingerprint density at radius 2 is 1.47 bits per heavy atom. The molecule has 0 bridgehead atoms. The van der Waals surface area contributed by atoms with Crippen LogP contribution < -0.4 is 14.8 Å². The number of carbonyl (C=O) groups is 2. The number of nitrogens with one attached hydrogen (secondary N) is 1. The number of ether oxygens (including phenoxy) is 2. The van der Waals surface area contributed by atoms with Crippen molar-refractivity contribution in [1.29, 1.82) is 0 Å². The first kappa shape index (κ1) is 26.8. The Morgan fingerprint density at radius 3 is 2.11 bits per heavy atom.